The molecular weight excluding hydrogens is 458 g/mol. The topological polar surface area (TPSA) is 102 Å². The van der Waals surface area contributed by atoms with Gasteiger partial charge in [0.1, 0.15) is 24.2 Å². The minimum Gasteiger partial charge on any atom is -0.481 e. The summed E-state index contributed by atoms with van der Waals surface area (Å²) in [6, 6.07) is 16.2. The second kappa shape index (κ2) is 12.0. The van der Waals surface area contributed by atoms with Crippen molar-refractivity contribution in [2.24, 2.45) is 0 Å². The Bertz CT molecular complexity index is 1120. The first-order valence-electron chi connectivity index (χ1n) is 11.2. The van der Waals surface area contributed by atoms with Gasteiger partial charge in [0.05, 0.1) is 6.42 Å². The van der Waals surface area contributed by atoms with E-state index in [4.69, 9.17) is 14.7 Å². The van der Waals surface area contributed by atoms with Crippen LogP contribution in [0, 0.1) is 5.82 Å². The molecule has 9 heteroatoms. The molecule has 2 atom stereocenters. The number of aliphatic hydroxyl groups is 1. The highest BCUT2D eigenvalue weighted by Gasteiger charge is 2.26. The SMILES string of the molecule is CC(C)n1nc(-c2ccccc2)c(-c2ccc(F)cc2)c1CCCO[P+](=O)C[C@@H](O)CC(=O)O. The van der Waals surface area contributed by atoms with E-state index in [0.29, 0.717) is 12.8 Å². The number of halogens is 1. The van der Waals surface area contributed by atoms with Crippen LogP contribution in [-0.2, 0) is 20.3 Å². The van der Waals surface area contributed by atoms with Gasteiger partial charge in [-0.2, -0.15) is 5.10 Å². The van der Waals surface area contributed by atoms with Gasteiger partial charge in [0, 0.05) is 22.9 Å². The third-order valence-corrected chi connectivity index (χ3v) is 6.43. The van der Waals surface area contributed by atoms with Gasteiger partial charge in [0.2, 0.25) is 6.16 Å². The lowest BCUT2D eigenvalue weighted by Gasteiger charge is -2.12. The normalized spacial score (nSPS) is 12.7. The van der Waals surface area contributed by atoms with Crippen molar-refractivity contribution in [2.75, 3.05) is 12.8 Å². The Morgan fingerprint density at radius 2 is 1.79 bits per heavy atom. The van der Waals surface area contributed by atoms with Crippen molar-refractivity contribution in [1.29, 1.82) is 0 Å². The van der Waals surface area contributed by atoms with Crippen LogP contribution in [0.3, 0.4) is 0 Å². The molecule has 0 spiro atoms. The zero-order chi connectivity index (χ0) is 24.7. The molecule has 0 amide bonds. The first-order chi connectivity index (χ1) is 16.3. The molecule has 180 valence electrons. The molecule has 0 aliphatic heterocycles. The lowest BCUT2D eigenvalue weighted by molar-refractivity contribution is -0.138. The summed E-state index contributed by atoms with van der Waals surface area (Å²) in [6.07, 6.45) is -0.782. The van der Waals surface area contributed by atoms with E-state index >= 15 is 0 Å². The van der Waals surface area contributed by atoms with E-state index in [1.807, 2.05) is 48.9 Å². The monoisotopic (exact) mass is 487 g/mol. The second-order valence-corrected chi connectivity index (χ2v) is 9.57. The summed E-state index contributed by atoms with van der Waals surface area (Å²) >= 11 is 0. The maximum Gasteiger partial charge on any atom is 0.510 e. The molecule has 0 fully saturated rings. The molecule has 0 aliphatic carbocycles. The van der Waals surface area contributed by atoms with E-state index in [9.17, 15) is 18.9 Å². The molecule has 0 bridgehead atoms. The fourth-order valence-corrected chi connectivity index (χ4v) is 4.66. The number of hydrogen-bond donors (Lipinski definition) is 2. The molecule has 0 saturated carbocycles. The Morgan fingerprint density at radius 1 is 1.12 bits per heavy atom. The summed E-state index contributed by atoms with van der Waals surface area (Å²) in [5, 5.41) is 23.2. The highest BCUT2D eigenvalue weighted by atomic mass is 31.1. The molecular formula is C25H29FN2O5P+. The van der Waals surface area contributed by atoms with Crippen molar-refractivity contribution in [1.82, 2.24) is 9.78 Å². The molecule has 34 heavy (non-hydrogen) atoms. The van der Waals surface area contributed by atoms with Gasteiger partial charge in [0.15, 0.2) is 0 Å². The summed E-state index contributed by atoms with van der Waals surface area (Å²) in [5.41, 5.74) is 4.49. The standard InChI is InChI=1S/C25H28FN2O5P/c1-17(2)28-22(9-6-14-33-34(32)16-21(29)15-23(30)31)24(18-10-12-20(26)13-11-18)25(27-28)19-7-4-3-5-8-19/h3-5,7-8,10-13,17,21,29H,6,9,14-16H2,1-2H3/p+1/t21-/m0/s1. The van der Waals surface area contributed by atoms with E-state index in [1.54, 1.807) is 12.1 Å². The number of carboxylic acid groups (broad SMARTS) is 1. The average Bonchev–Trinajstić information content (AvgIpc) is 3.17. The number of aliphatic carboxylic acids is 1. The molecule has 7 nitrogen and oxygen atoms in total. The summed E-state index contributed by atoms with van der Waals surface area (Å²) in [7, 11) is -2.16. The first kappa shape index (κ1) is 25.7. The van der Waals surface area contributed by atoms with E-state index in [0.717, 1.165) is 28.1 Å². The number of nitrogens with zero attached hydrogens (tertiary/aromatic N) is 2. The maximum absolute atomic E-state index is 13.6. The predicted octanol–water partition coefficient (Wildman–Crippen LogP) is 5.46. The van der Waals surface area contributed by atoms with Crippen LogP contribution in [0.25, 0.3) is 22.4 Å². The number of rotatable bonds is 12. The molecule has 1 heterocycles. The summed E-state index contributed by atoms with van der Waals surface area (Å²) in [6.45, 7) is 4.26. The molecule has 3 rings (SSSR count). The highest BCUT2D eigenvalue weighted by molar-refractivity contribution is 7.39. The maximum atomic E-state index is 13.6. The van der Waals surface area contributed by atoms with E-state index in [1.165, 1.54) is 12.1 Å². The van der Waals surface area contributed by atoms with Crippen molar-refractivity contribution >= 4 is 14.0 Å². The predicted molar refractivity (Wildman–Crippen MR) is 128 cm³/mol. The van der Waals surface area contributed by atoms with Gasteiger partial charge >= 0.3 is 14.0 Å². The van der Waals surface area contributed by atoms with Gasteiger partial charge < -0.3 is 10.2 Å². The molecule has 3 aromatic rings. The molecule has 0 saturated heterocycles. The van der Waals surface area contributed by atoms with E-state index < -0.39 is 26.5 Å². The molecule has 1 unspecified atom stereocenters. The molecule has 0 aliphatic rings. The quantitative estimate of drug-likeness (QED) is 0.260. The van der Waals surface area contributed by atoms with Crippen molar-refractivity contribution < 1.29 is 28.5 Å². The van der Waals surface area contributed by atoms with Gasteiger partial charge in [0.25, 0.3) is 0 Å². The Labute approximate surface area is 199 Å². The first-order valence-corrected chi connectivity index (χ1v) is 12.5. The van der Waals surface area contributed by atoms with Crippen LogP contribution in [0.1, 0.15) is 38.4 Å². The van der Waals surface area contributed by atoms with Gasteiger partial charge in [-0.15, -0.1) is 4.52 Å². The summed E-state index contributed by atoms with van der Waals surface area (Å²) < 4.78 is 33.0. The Hall–Kier alpha value is -2.93. The molecule has 0 radical (unpaired) electrons. The minimum atomic E-state index is -2.16. The number of aliphatic hydroxyl groups excluding tert-OH is 1. The van der Waals surface area contributed by atoms with Crippen LogP contribution in [0.2, 0.25) is 0 Å². The van der Waals surface area contributed by atoms with Crippen molar-refractivity contribution in [2.45, 2.75) is 45.3 Å². The summed E-state index contributed by atoms with van der Waals surface area (Å²) in [4.78, 5) is 10.6. The fraction of sp³-hybridized carbons (Fsp3) is 0.360. The van der Waals surface area contributed by atoms with Gasteiger partial charge in [-0.3, -0.25) is 9.48 Å². The van der Waals surface area contributed by atoms with Crippen LogP contribution >= 0.6 is 8.03 Å². The lowest BCUT2D eigenvalue weighted by Crippen LogP contribution is -2.15. The number of aromatic nitrogens is 2. The fourth-order valence-electron chi connectivity index (χ4n) is 3.75. The molecule has 1 aromatic heterocycles. The van der Waals surface area contributed by atoms with Crippen LogP contribution in [0.5, 0.6) is 0 Å². The lowest BCUT2D eigenvalue weighted by atomic mass is 9.97. The van der Waals surface area contributed by atoms with Crippen LogP contribution in [-0.4, -0.2) is 44.8 Å². The van der Waals surface area contributed by atoms with Crippen LogP contribution in [0.4, 0.5) is 4.39 Å². The van der Waals surface area contributed by atoms with Gasteiger partial charge in [-0.05, 0) is 49.0 Å². The zero-order valence-corrected chi connectivity index (χ0v) is 20.1. The van der Waals surface area contributed by atoms with Gasteiger partial charge in [-0.25, -0.2) is 4.39 Å². The summed E-state index contributed by atoms with van der Waals surface area (Å²) in [5.74, 6) is -1.47. The van der Waals surface area contributed by atoms with Gasteiger partial charge in [-0.1, -0.05) is 42.5 Å². The van der Waals surface area contributed by atoms with Crippen molar-refractivity contribution in [3.63, 3.8) is 0 Å². The smallest absolute Gasteiger partial charge is 0.481 e. The number of carboxylic acids is 1. The van der Waals surface area contributed by atoms with Crippen molar-refractivity contribution in [3.8, 4) is 22.4 Å². The Kier molecular flexibility index (Phi) is 9.05. The van der Waals surface area contributed by atoms with Crippen molar-refractivity contribution in [3.05, 3.63) is 66.1 Å². The molecule has 2 aromatic carbocycles. The number of hydrogen-bond acceptors (Lipinski definition) is 5. The third-order valence-electron chi connectivity index (χ3n) is 5.24. The Morgan fingerprint density at radius 3 is 2.41 bits per heavy atom. The second-order valence-electron chi connectivity index (χ2n) is 8.29. The third kappa shape index (κ3) is 6.79. The average molecular weight is 487 g/mol. The van der Waals surface area contributed by atoms with Crippen LogP contribution < -0.4 is 0 Å². The largest absolute Gasteiger partial charge is 0.510 e. The minimum absolute atomic E-state index is 0.0791. The Balaban J connectivity index is 1.83. The highest BCUT2D eigenvalue weighted by Crippen LogP contribution is 2.37. The number of carbonyl (C=O) groups is 1. The number of benzene rings is 2. The zero-order valence-electron chi connectivity index (χ0n) is 19.2. The van der Waals surface area contributed by atoms with E-state index in [-0.39, 0.29) is 24.6 Å². The van der Waals surface area contributed by atoms with E-state index in [2.05, 4.69) is 0 Å². The van der Waals surface area contributed by atoms with Crippen LogP contribution in [0.15, 0.2) is 54.6 Å². The molecule has 2 N–H and O–H groups in total.